The van der Waals surface area contributed by atoms with Gasteiger partial charge < -0.3 is 30.4 Å². The summed E-state index contributed by atoms with van der Waals surface area (Å²) in [5.41, 5.74) is 2.78. The Morgan fingerprint density at radius 1 is 0.920 bits per heavy atom. The molecule has 15 nitrogen and oxygen atoms in total. The number of anilines is 3. The van der Waals surface area contributed by atoms with Gasteiger partial charge in [-0.2, -0.15) is 18.4 Å². The average molecular weight is 1060 g/mol. The molecule has 3 aromatic carbocycles. The molecule has 8 rings (SSSR count). The summed E-state index contributed by atoms with van der Waals surface area (Å²) in [5.74, 6) is 5.33. The number of benzene rings is 3. The molecule has 2 aromatic heterocycles. The van der Waals surface area contributed by atoms with E-state index in [1.807, 2.05) is 81.4 Å². The van der Waals surface area contributed by atoms with Crippen LogP contribution >= 0.6 is 23.6 Å². The van der Waals surface area contributed by atoms with Crippen LogP contribution in [0.4, 0.5) is 30.4 Å². The van der Waals surface area contributed by atoms with Gasteiger partial charge in [-0.05, 0) is 111 Å². The van der Waals surface area contributed by atoms with E-state index in [-0.39, 0.29) is 48.2 Å². The number of thiazole rings is 1. The zero-order chi connectivity index (χ0) is 54.1. The summed E-state index contributed by atoms with van der Waals surface area (Å²) in [6.45, 7) is 15.0. The number of thiocarbonyl (C=S) groups is 1. The number of hydrogen-bond donors (Lipinski definition) is 3. The number of nitrogens with one attached hydrogen (secondary N) is 2. The Bertz CT molecular complexity index is 3100. The van der Waals surface area contributed by atoms with Gasteiger partial charge in [-0.15, -0.1) is 11.3 Å². The lowest BCUT2D eigenvalue weighted by Crippen LogP contribution is -2.59. The number of aliphatic hydroxyl groups is 1. The van der Waals surface area contributed by atoms with Gasteiger partial charge in [-0.1, -0.05) is 56.9 Å². The molecule has 390 valence electrons. The predicted octanol–water partition coefficient (Wildman–Crippen LogP) is 7.21. The lowest BCUT2D eigenvalue weighted by atomic mass is 9.85. The standard InChI is InChI=1S/C55H57F3N10O5S2/c1-33(37-13-15-38(16-14-37)47-34(2)61-32-75-47)62-49(71)44-27-42(69)30-66(44)50(72)48(53(3,4)5)63-46(70)31-64-22-24-65(25-23-64)45-21-12-36(29-60-45)9-8-35-10-18-40(19-11-35)68-52(74)67(51(73)54(68,6)7)41-20-17-39(28-59)43(26-41)55(56,57)58/h10-21,26,29,32-33,42,44,48,69H,22-25,27,30-31H2,1-7H3,(H,62,71)(H,63,70)/t33-,42+,44-,48+/m0/s1. The SMILES string of the molecule is Cc1ncsc1-c1ccc([C@H](C)NC(=O)[C@@H]2C[C@@H](O)CN2C(=O)[C@@H](NC(=O)CN2CCN(c3ccc(C#Cc4ccc(N5C(=S)N(c6ccc(C#N)c(C(F)(F)F)c6)C(=O)C5(C)C)cc4)cn3)CC2)C(C)(C)C)cc1. The van der Waals surface area contributed by atoms with Crippen LogP contribution in [0.1, 0.15) is 87.5 Å². The summed E-state index contributed by atoms with van der Waals surface area (Å²) >= 11 is 7.23. The molecular formula is C55H57F3N10O5S2. The molecular weight excluding hydrogens is 1000 g/mol. The van der Waals surface area contributed by atoms with E-state index in [1.165, 1.54) is 11.0 Å². The van der Waals surface area contributed by atoms with Gasteiger partial charge >= 0.3 is 6.18 Å². The summed E-state index contributed by atoms with van der Waals surface area (Å²) in [6.07, 6.45) is -3.94. The van der Waals surface area contributed by atoms with E-state index in [4.69, 9.17) is 12.2 Å². The predicted molar refractivity (Wildman–Crippen MR) is 284 cm³/mol. The number of piperazine rings is 1. The van der Waals surface area contributed by atoms with Crippen molar-refractivity contribution in [2.24, 2.45) is 5.41 Å². The van der Waals surface area contributed by atoms with Crippen LogP contribution in [-0.2, 0) is 25.4 Å². The van der Waals surface area contributed by atoms with Gasteiger partial charge in [-0.3, -0.25) is 29.0 Å². The van der Waals surface area contributed by atoms with E-state index < -0.39 is 58.3 Å². The largest absolute Gasteiger partial charge is 0.417 e. The van der Waals surface area contributed by atoms with Gasteiger partial charge in [0.1, 0.15) is 23.4 Å². The van der Waals surface area contributed by atoms with E-state index >= 15 is 0 Å². The third-order valence-corrected chi connectivity index (χ3v) is 15.0. The van der Waals surface area contributed by atoms with Crippen LogP contribution in [0.25, 0.3) is 10.4 Å². The van der Waals surface area contributed by atoms with Gasteiger partial charge in [0.05, 0.1) is 57.7 Å². The van der Waals surface area contributed by atoms with Crippen molar-refractivity contribution < 1.29 is 37.5 Å². The van der Waals surface area contributed by atoms with Crippen molar-refractivity contribution >= 4 is 69.5 Å². The molecule has 3 aliphatic rings. The van der Waals surface area contributed by atoms with Crippen molar-refractivity contribution in [3.8, 4) is 28.4 Å². The molecule has 0 saturated carbocycles. The van der Waals surface area contributed by atoms with Crippen LogP contribution in [0.3, 0.4) is 0 Å². The molecule has 3 fully saturated rings. The van der Waals surface area contributed by atoms with Crippen LogP contribution < -0.4 is 25.3 Å². The van der Waals surface area contributed by atoms with Crippen molar-refractivity contribution in [3.63, 3.8) is 0 Å². The number of aliphatic hydroxyl groups excluding tert-OH is 1. The molecule has 3 N–H and O–H groups in total. The second-order valence-corrected chi connectivity index (χ2v) is 21.7. The van der Waals surface area contributed by atoms with Crippen molar-refractivity contribution in [2.45, 2.75) is 90.8 Å². The second kappa shape index (κ2) is 21.5. The summed E-state index contributed by atoms with van der Waals surface area (Å²) < 4.78 is 41.4. The number of alkyl halides is 3. The number of hydrogen-bond acceptors (Lipinski definition) is 12. The Hall–Kier alpha value is -7.23. The third-order valence-electron chi connectivity index (χ3n) is 13.7. The lowest BCUT2D eigenvalue weighted by Gasteiger charge is -2.37. The molecule has 3 aliphatic heterocycles. The van der Waals surface area contributed by atoms with Gasteiger partial charge in [0.2, 0.25) is 17.7 Å². The fourth-order valence-electron chi connectivity index (χ4n) is 9.50. The molecule has 20 heteroatoms. The maximum Gasteiger partial charge on any atom is 0.417 e. The highest BCUT2D eigenvalue weighted by atomic mass is 32.1. The second-order valence-electron chi connectivity index (χ2n) is 20.5. The highest BCUT2D eigenvalue weighted by Crippen LogP contribution is 2.40. The zero-order valence-corrected chi connectivity index (χ0v) is 44.2. The Labute approximate surface area is 443 Å². The quantitative estimate of drug-likeness (QED) is 0.0896. The number of aryl methyl sites for hydroxylation is 1. The smallest absolute Gasteiger partial charge is 0.391 e. The Balaban J connectivity index is 0.828. The number of nitriles is 1. The first-order valence-corrected chi connectivity index (χ1v) is 25.7. The number of likely N-dealkylation sites (tertiary alicyclic amines) is 1. The van der Waals surface area contributed by atoms with Crippen molar-refractivity contribution in [3.05, 3.63) is 124 Å². The molecule has 0 aliphatic carbocycles. The minimum absolute atomic E-state index is 0.0106. The maximum absolute atomic E-state index is 14.3. The normalized spacial score (nSPS) is 18.8. The van der Waals surface area contributed by atoms with Crippen molar-refractivity contribution in [2.75, 3.05) is 54.0 Å². The molecule has 0 bridgehead atoms. The lowest BCUT2D eigenvalue weighted by molar-refractivity contribution is -0.144. The van der Waals surface area contributed by atoms with E-state index in [9.17, 15) is 42.7 Å². The number of rotatable bonds is 11. The Morgan fingerprint density at radius 3 is 2.17 bits per heavy atom. The summed E-state index contributed by atoms with van der Waals surface area (Å²) in [7, 11) is 0. The van der Waals surface area contributed by atoms with E-state index in [1.54, 1.807) is 66.6 Å². The molecule has 0 unspecified atom stereocenters. The number of carbonyl (C=O) groups is 4. The molecule has 5 heterocycles. The van der Waals surface area contributed by atoms with Gasteiger partial charge in [0.25, 0.3) is 5.91 Å². The molecule has 5 aromatic rings. The molecule has 4 amide bonds. The number of β-amino-alcohol motifs (C(OH)–C–C–N with tert-alkyl or cyclic N) is 1. The van der Waals surface area contributed by atoms with Crippen molar-refractivity contribution in [1.29, 1.82) is 5.26 Å². The summed E-state index contributed by atoms with van der Waals surface area (Å²) in [6, 6.07) is 21.0. The fraction of sp³-hybridized carbons (Fsp3) is 0.382. The molecule has 75 heavy (non-hydrogen) atoms. The first-order valence-electron chi connectivity index (χ1n) is 24.4. The van der Waals surface area contributed by atoms with Crippen molar-refractivity contribution in [1.82, 2.24) is 30.4 Å². The van der Waals surface area contributed by atoms with Gasteiger partial charge in [0.15, 0.2) is 5.11 Å². The molecule has 0 radical (unpaired) electrons. The summed E-state index contributed by atoms with van der Waals surface area (Å²) in [5, 5.41) is 26.0. The number of halogens is 3. The molecule has 4 atom stereocenters. The van der Waals surface area contributed by atoms with Crippen LogP contribution in [0.5, 0.6) is 0 Å². The fourth-order valence-corrected chi connectivity index (χ4v) is 10.8. The van der Waals surface area contributed by atoms with Gasteiger partial charge in [0, 0.05) is 62.2 Å². The first-order chi connectivity index (χ1) is 35.4. The minimum atomic E-state index is -4.81. The number of carbonyl (C=O) groups excluding carboxylic acids is 4. The minimum Gasteiger partial charge on any atom is -0.391 e. The Morgan fingerprint density at radius 2 is 1.57 bits per heavy atom. The molecule has 0 spiro atoms. The zero-order valence-electron chi connectivity index (χ0n) is 42.5. The van der Waals surface area contributed by atoms with Crippen LogP contribution in [-0.4, -0.2) is 117 Å². The maximum atomic E-state index is 14.3. The average Bonchev–Trinajstić information content (AvgIpc) is 4.04. The van der Waals surface area contributed by atoms with Crippen LogP contribution in [0.2, 0.25) is 0 Å². The third kappa shape index (κ3) is 11.7. The van der Waals surface area contributed by atoms with E-state index in [2.05, 4.69) is 37.3 Å². The van der Waals surface area contributed by atoms with E-state index in [0.717, 1.165) is 44.5 Å². The number of pyridine rings is 1. The first kappa shape index (κ1) is 54.0. The highest BCUT2D eigenvalue weighted by molar-refractivity contribution is 7.81. The van der Waals surface area contributed by atoms with E-state index in [0.29, 0.717) is 43.0 Å². The monoisotopic (exact) mass is 1060 g/mol. The number of aromatic nitrogens is 2. The van der Waals surface area contributed by atoms with Gasteiger partial charge in [-0.25, -0.2) is 9.97 Å². The molecule has 3 saturated heterocycles. The van der Waals surface area contributed by atoms with Crippen LogP contribution in [0, 0.1) is 35.5 Å². The van der Waals surface area contributed by atoms with Crippen LogP contribution in [0.15, 0.2) is 90.6 Å². The number of nitrogens with zero attached hydrogens (tertiary/aromatic N) is 8. The Kier molecular flexibility index (Phi) is 15.5. The highest BCUT2D eigenvalue weighted by Gasteiger charge is 2.51. The topological polar surface area (TPSA) is 178 Å². The summed E-state index contributed by atoms with van der Waals surface area (Å²) in [4.78, 5) is 73.5. The number of amides is 4.